The summed E-state index contributed by atoms with van der Waals surface area (Å²) in [5.41, 5.74) is 0. The Kier molecular flexibility index (Phi) is 21.4. The minimum atomic E-state index is -0.933. The van der Waals surface area contributed by atoms with Crippen LogP contribution >= 0.6 is 0 Å². The van der Waals surface area contributed by atoms with Gasteiger partial charge in [-0.05, 0) is 13.1 Å². The van der Waals surface area contributed by atoms with Crippen LogP contribution in [0.15, 0.2) is 0 Å². The third kappa shape index (κ3) is 20.1. The van der Waals surface area contributed by atoms with Crippen LogP contribution in [0.5, 0.6) is 0 Å². The van der Waals surface area contributed by atoms with Gasteiger partial charge < -0.3 is 35.4 Å². The number of nitrogens with one attached hydrogen (secondary N) is 2. The molecule has 0 radical (unpaired) electrons. The summed E-state index contributed by atoms with van der Waals surface area (Å²) in [5, 5.41) is 32.1. The number of carboxylic acids is 1. The minimum Gasteiger partial charge on any atom is -0.480 e. The molecule has 0 aliphatic heterocycles. The van der Waals surface area contributed by atoms with Crippen LogP contribution in [-0.4, -0.2) is 159 Å². The Morgan fingerprint density at radius 1 is 0.657 bits per heavy atom. The molecule has 0 rings (SSSR count). The number of rotatable bonds is 24. The van der Waals surface area contributed by atoms with Gasteiger partial charge in [0.2, 0.25) is 11.8 Å². The highest BCUT2D eigenvalue weighted by molar-refractivity contribution is 5.78. The molecular formula is C22H45N5O8. The number of likely N-dealkylation sites (N-methyl/N-ethyl adjacent to an activating group) is 2. The number of aliphatic carboxylic acids is 1. The number of aliphatic hydroxyl groups is 2. The number of carboxylic acid groups (broad SMARTS) is 1. The molecule has 0 bridgehead atoms. The van der Waals surface area contributed by atoms with E-state index in [1.54, 1.807) is 4.90 Å². The Morgan fingerprint density at radius 3 is 1.40 bits per heavy atom. The van der Waals surface area contributed by atoms with E-state index in [9.17, 15) is 19.5 Å². The fourth-order valence-corrected chi connectivity index (χ4v) is 3.10. The third-order valence-corrected chi connectivity index (χ3v) is 5.06. The van der Waals surface area contributed by atoms with E-state index in [2.05, 4.69) is 10.6 Å². The molecule has 0 heterocycles. The van der Waals surface area contributed by atoms with Gasteiger partial charge in [0.05, 0.1) is 59.3 Å². The summed E-state index contributed by atoms with van der Waals surface area (Å²) in [7, 11) is 0. The van der Waals surface area contributed by atoms with E-state index in [0.29, 0.717) is 65.6 Å². The van der Waals surface area contributed by atoms with Crippen LogP contribution in [0.25, 0.3) is 0 Å². The van der Waals surface area contributed by atoms with Gasteiger partial charge in [0.25, 0.3) is 0 Å². The third-order valence-electron chi connectivity index (χ3n) is 5.06. The number of aliphatic hydroxyl groups excluding tert-OH is 2. The van der Waals surface area contributed by atoms with E-state index in [4.69, 9.17) is 19.7 Å². The van der Waals surface area contributed by atoms with E-state index in [1.807, 2.05) is 23.6 Å². The second-order valence-electron chi connectivity index (χ2n) is 7.78. The fourth-order valence-electron chi connectivity index (χ4n) is 3.10. The Labute approximate surface area is 208 Å². The highest BCUT2D eigenvalue weighted by Gasteiger charge is 2.16. The Hall–Kier alpha value is -1.87. The van der Waals surface area contributed by atoms with Crippen molar-refractivity contribution in [1.82, 2.24) is 25.3 Å². The van der Waals surface area contributed by atoms with E-state index in [1.165, 1.54) is 0 Å². The van der Waals surface area contributed by atoms with Crippen LogP contribution in [0.2, 0.25) is 0 Å². The smallest absolute Gasteiger partial charge is 0.317 e. The Balaban J connectivity index is 4.46. The van der Waals surface area contributed by atoms with Crippen molar-refractivity contribution in [2.75, 3.05) is 112 Å². The van der Waals surface area contributed by atoms with Crippen LogP contribution in [0.3, 0.4) is 0 Å². The molecule has 13 heteroatoms. The zero-order valence-corrected chi connectivity index (χ0v) is 21.2. The molecule has 0 aliphatic carbocycles. The topological polar surface area (TPSA) is 164 Å². The highest BCUT2D eigenvalue weighted by atomic mass is 16.5. The lowest BCUT2D eigenvalue weighted by Crippen LogP contribution is -2.46. The summed E-state index contributed by atoms with van der Waals surface area (Å²) in [5.74, 6) is -1.22. The maximum atomic E-state index is 12.1. The number of amides is 2. The van der Waals surface area contributed by atoms with Crippen molar-refractivity contribution < 1.29 is 39.2 Å². The van der Waals surface area contributed by atoms with Gasteiger partial charge in [0.15, 0.2) is 0 Å². The zero-order valence-electron chi connectivity index (χ0n) is 21.2. The number of nitrogens with zero attached hydrogens (tertiary/aromatic N) is 3. The van der Waals surface area contributed by atoms with Gasteiger partial charge in [0, 0.05) is 39.3 Å². The standard InChI is InChI=1S/C22H45N5O8/c1-3-25(17-20(30)23-5-13-34-15-11-28)7-9-27(19-22(32)33)10-8-26(4-2)18-21(31)24-6-14-35-16-12-29/h28-29H,3-19H2,1-2H3,(H,23,30)(H,24,31)(H,32,33). The van der Waals surface area contributed by atoms with Crippen molar-refractivity contribution in [1.29, 1.82) is 0 Å². The monoisotopic (exact) mass is 507 g/mol. The SMILES string of the molecule is CCN(CCN(CCN(CC)CC(=O)NCCOCCO)CC(=O)O)CC(=O)NCCOCCO. The quantitative estimate of drug-likeness (QED) is 0.0862. The van der Waals surface area contributed by atoms with Crippen LogP contribution in [-0.2, 0) is 23.9 Å². The van der Waals surface area contributed by atoms with Crippen molar-refractivity contribution in [3.8, 4) is 0 Å². The van der Waals surface area contributed by atoms with Crippen molar-refractivity contribution in [3.63, 3.8) is 0 Å². The molecule has 0 unspecified atom stereocenters. The molecular weight excluding hydrogens is 462 g/mol. The summed E-state index contributed by atoms with van der Waals surface area (Å²) in [4.78, 5) is 41.2. The molecule has 0 aromatic carbocycles. The lowest BCUT2D eigenvalue weighted by Gasteiger charge is -2.28. The molecule has 0 aromatic rings. The summed E-state index contributed by atoms with van der Waals surface area (Å²) in [6, 6.07) is 0. The molecule has 0 saturated heterocycles. The molecule has 0 atom stereocenters. The molecule has 0 aromatic heterocycles. The predicted octanol–water partition coefficient (Wildman–Crippen LogP) is -2.73. The summed E-state index contributed by atoms with van der Waals surface area (Å²) >= 11 is 0. The fraction of sp³-hybridized carbons (Fsp3) is 0.864. The van der Waals surface area contributed by atoms with E-state index < -0.39 is 5.97 Å². The van der Waals surface area contributed by atoms with Crippen LogP contribution in [0.4, 0.5) is 0 Å². The number of ether oxygens (including phenoxy) is 2. The average molecular weight is 508 g/mol. The van der Waals surface area contributed by atoms with Gasteiger partial charge >= 0.3 is 5.97 Å². The number of carbonyl (C=O) groups is 3. The van der Waals surface area contributed by atoms with Crippen molar-refractivity contribution in [2.45, 2.75) is 13.8 Å². The number of hydrogen-bond donors (Lipinski definition) is 5. The van der Waals surface area contributed by atoms with Crippen molar-refractivity contribution >= 4 is 17.8 Å². The highest BCUT2D eigenvalue weighted by Crippen LogP contribution is 1.96. The summed E-state index contributed by atoms with van der Waals surface area (Å²) < 4.78 is 10.2. The second kappa shape index (κ2) is 22.6. The van der Waals surface area contributed by atoms with Crippen LogP contribution in [0.1, 0.15) is 13.8 Å². The van der Waals surface area contributed by atoms with Gasteiger partial charge in [0.1, 0.15) is 0 Å². The summed E-state index contributed by atoms with van der Waals surface area (Å²) in [6.45, 7) is 9.12. The second-order valence-corrected chi connectivity index (χ2v) is 7.78. The zero-order chi connectivity index (χ0) is 26.3. The first-order valence-corrected chi connectivity index (χ1v) is 12.2. The van der Waals surface area contributed by atoms with E-state index in [0.717, 1.165) is 0 Å². The van der Waals surface area contributed by atoms with Gasteiger partial charge in [-0.1, -0.05) is 13.8 Å². The largest absolute Gasteiger partial charge is 0.480 e. The normalized spacial score (nSPS) is 11.4. The Morgan fingerprint density at radius 2 is 1.06 bits per heavy atom. The molecule has 5 N–H and O–H groups in total. The van der Waals surface area contributed by atoms with Gasteiger partial charge in [-0.2, -0.15) is 0 Å². The van der Waals surface area contributed by atoms with Crippen molar-refractivity contribution in [2.24, 2.45) is 0 Å². The molecule has 0 fully saturated rings. The lowest BCUT2D eigenvalue weighted by atomic mass is 10.3. The first-order valence-electron chi connectivity index (χ1n) is 12.2. The lowest BCUT2D eigenvalue weighted by molar-refractivity contribution is -0.138. The minimum absolute atomic E-state index is 0.0603. The summed E-state index contributed by atoms with van der Waals surface area (Å²) in [6.07, 6.45) is 0. The van der Waals surface area contributed by atoms with Crippen molar-refractivity contribution in [3.05, 3.63) is 0 Å². The molecule has 0 aliphatic rings. The van der Waals surface area contributed by atoms with Crippen LogP contribution in [0, 0.1) is 0 Å². The van der Waals surface area contributed by atoms with Gasteiger partial charge in [-0.3, -0.25) is 29.1 Å². The predicted molar refractivity (Wildman–Crippen MR) is 130 cm³/mol. The molecule has 2 amide bonds. The maximum Gasteiger partial charge on any atom is 0.317 e. The first-order chi connectivity index (χ1) is 16.9. The number of hydrogen-bond acceptors (Lipinski definition) is 10. The molecule has 0 spiro atoms. The first kappa shape index (κ1) is 33.1. The van der Waals surface area contributed by atoms with Crippen LogP contribution < -0.4 is 10.6 Å². The van der Waals surface area contributed by atoms with E-state index >= 15 is 0 Å². The molecule has 35 heavy (non-hydrogen) atoms. The Bertz CT molecular complexity index is 530. The van der Waals surface area contributed by atoms with E-state index in [-0.39, 0.29) is 57.9 Å². The molecule has 13 nitrogen and oxygen atoms in total. The van der Waals surface area contributed by atoms with Gasteiger partial charge in [-0.15, -0.1) is 0 Å². The molecule has 206 valence electrons. The average Bonchev–Trinajstić information content (AvgIpc) is 2.83. The van der Waals surface area contributed by atoms with Gasteiger partial charge in [-0.25, -0.2) is 0 Å². The number of carbonyl (C=O) groups excluding carboxylic acids is 2. The molecule has 0 saturated carbocycles. The maximum absolute atomic E-state index is 12.1.